The molecular formula is C15H27NO2. The highest BCUT2D eigenvalue weighted by Crippen LogP contribution is 2.43. The Morgan fingerprint density at radius 2 is 2.06 bits per heavy atom. The third kappa shape index (κ3) is 4.60. The first-order valence-electron chi connectivity index (χ1n) is 7.68. The quantitative estimate of drug-likeness (QED) is 0.560. The van der Waals surface area contributed by atoms with Gasteiger partial charge < -0.3 is 10.1 Å². The van der Waals surface area contributed by atoms with Gasteiger partial charge in [0.1, 0.15) is 0 Å². The molecule has 2 rings (SSSR count). The zero-order chi connectivity index (χ0) is 12.8. The molecule has 0 aromatic rings. The summed E-state index contributed by atoms with van der Waals surface area (Å²) in [6.45, 7) is 3.31. The molecule has 0 bridgehead atoms. The molecule has 0 aliphatic heterocycles. The van der Waals surface area contributed by atoms with Crippen LogP contribution < -0.4 is 5.32 Å². The number of carbonyl (C=O) groups excluding carboxylic acids is 1. The van der Waals surface area contributed by atoms with E-state index in [0.717, 1.165) is 24.8 Å². The molecule has 2 fully saturated rings. The minimum Gasteiger partial charge on any atom is -0.466 e. The lowest BCUT2D eigenvalue weighted by atomic mass is 9.83. The van der Waals surface area contributed by atoms with Gasteiger partial charge in [-0.1, -0.05) is 12.8 Å². The molecule has 0 amide bonds. The SMILES string of the molecule is CCOC(=O)CCCNC1CCCC(C2CC2)C1. The molecule has 0 heterocycles. The van der Waals surface area contributed by atoms with Crippen LogP contribution in [0.3, 0.4) is 0 Å². The summed E-state index contributed by atoms with van der Waals surface area (Å²) in [5, 5.41) is 3.62. The number of esters is 1. The van der Waals surface area contributed by atoms with Gasteiger partial charge in [-0.3, -0.25) is 4.79 Å². The summed E-state index contributed by atoms with van der Waals surface area (Å²) in [5.74, 6) is 1.98. The maximum Gasteiger partial charge on any atom is 0.305 e. The normalized spacial score (nSPS) is 28.1. The monoisotopic (exact) mass is 253 g/mol. The molecule has 2 aliphatic carbocycles. The molecule has 3 nitrogen and oxygen atoms in total. The Morgan fingerprint density at radius 3 is 2.78 bits per heavy atom. The van der Waals surface area contributed by atoms with Crippen LogP contribution >= 0.6 is 0 Å². The Morgan fingerprint density at radius 1 is 1.22 bits per heavy atom. The van der Waals surface area contributed by atoms with Crippen molar-refractivity contribution in [2.45, 2.75) is 64.3 Å². The van der Waals surface area contributed by atoms with Crippen molar-refractivity contribution in [1.29, 1.82) is 0 Å². The largest absolute Gasteiger partial charge is 0.466 e. The molecular weight excluding hydrogens is 226 g/mol. The van der Waals surface area contributed by atoms with Crippen LogP contribution in [-0.4, -0.2) is 25.2 Å². The first kappa shape index (κ1) is 13.9. The molecule has 0 spiro atoms. The van der Waals surface area contributed by atoms with Crippen molar-refractivity contribution >= 4 is 5.97 Å². The maximum absolute atomic E-state index is 11.2. The van der Waals surface area contributed by atoms with Crippen molar-refractivity contribution in [1.82, 2.24) is 5.32 Å². The van der Waals surface area contributed by atoms with Crippen LogP contribution in [-0.2, 0) is 9.53 Å². The molecule has 2 atom stereocenters. The highest BCUT2D eigenvalue weighted by molar-refractivity contribution is 5.69. The van der Waals surface area contributed by atoms with E-state index in [4.69, 9.17) is 4.74 Å². The predicted molar refractivity (Wildman–Crippen MR) is 72.3 cm³/mol. The number of hydrogen-bond acceptors (Lipinski definition) is 3. The van der Waals surface area contributed by atoms with E-state index in [1.807, 2.05) is 6.92 Å². The molecule has 0 aromatic carbocycles. The standard InChI is InChI=1S/C15H27NO2/c1-2-18-15(17)7-4-10-16-14-6-3-5-13(11-14)12-8-9-12/h12-14,16H,2-11H2,1H3. The van der Waals surface area contributed by atoms with E-state index in [1.54, 1.807) is 0 Å². The number of carbonyl (C=O) groups is 1. The summed E-state index contributed by atoms with van der Waals surface area (Å²) in [7, 11) is 0. The zero-order valence-electron chi connectivity index (χ0n) is 11.6. The van der Waals surface area contributed by atoms with E-state index >= 15 is 0 Å². The summed E-state index contributed by atoms with van der Waals surface area (Å²) in [4.78, 5) is 11.2. The molecule has 1 N–H and O–H groups in total. The van der Waals surface area contributed by atoms with E-state index in [2.05, 4.69) is 5.32 Å². The van der Waals surface area contributed by atoms with Crippen molar-refractivity contribution < 1.29 is 9.53 Å². The third-order valence-corrected chi connectivity index (χ3v) is 4.30. The first-order chi connectivity index (χ1) is 8.79. The Hall–Kier alpha value is -0.570. The Balaban J connectivity index is 1.54. The van der Waals surface area contributed by atoms with E-state index in [1.165, 1.54) is 38.5 Å². The van der Waals surface area contributed by atoms with E-state index in [-0.39, 0.29) is 5.97 Å². The smallest absolute Gasteiger partial charge is 0.305 e. The van der Waals surface area contributed by atoms with Crippen LogP contribution in [0, 0.1) is 11.8 Å². The van der Waals surface area contributed by atoms with Crippen molar-refractivity contribution in [2.24, 2.45) is 11.8 Å². The summed E-state index contributed by atoms with van der Waals surface area (Å²) in [5.41, 5.74) is 0. The second kappa shape index (κ2) is 7.13. The van der Waals surface area contributed by atoms with Gasteiger partial charge >= 0.3 is 5.97 Å². The van der Waals surface area contributed by atoms with Crippen LogP contribution in [0.1, 0.15) is 58.3 Å². The van der Waals surface area contributed by atoms with Crippen LogP contribution in [0.25, 0.3) is 0 Å². The lowest BCUT2D eigenvalue weighted by Crippen LogP contribution is -2.35. The minimum absolute atomic E-state index is 0.0567. The highest BCUT2D eigenvalue weighted by atomic mass is 16.5. The van der Waals surface area contributed by atoms with Crippen molar-refractivity contribution in [2.75, 3.05) is 13.2 Å². The number of ether oxygens (including phenoxy) is 1. The predicted octanol–water partition coefficient (Wildman–Crippen LogP) is 2.89. The second-order valence-electron chi connectivity index (χ2n) is 5.82. The van der Waals surface area contributed by atoms with Crippen molar-refractivity contribution in [3.05, 3.63) is 0 Å². The fraction of sp³-hybridized carbons (Fsp3) is 0.933. The van der Waals surface area contributed by atoms with Gasteiger partial charge in [0.2, 0.25) is 0 Å². The molecule has 2 aliphatic rings. The maximum atomic E-state index is 11.2. The van der Waals surface area contributed by atoms with Gasteiger partial charge in [0.25, 0.3) is 0 Å². The molecule has 0 radical (unpaired) electrons. The molecule has 0 saturated heterocycles. The Labute approximate surface area is 111 Å². The molecule has 3 heteroatoms. The fourth-order valence-electron chi connectivity index (χ4n) is 3.18. The fourth-order valence-corrected chi connectivity index (χ4v) is 3.18. The summed E-state index contributed by atoms with van der Waals surface area (Å²) >= 11 is 0. The summed E-state index contributed by atoms with van der Waals surface area (Å²) < 4.78 is 4.92. The molecule has 104 valence electrons. The van der Waals surface area contributed by atoms with Crippen LogP contribution in [0.4, 0.5) is 0 Å². The Kier molecular flexibility index (Phi) is 5.48. The van der Waals surface area contributed by atoms with Crippen LogP contribution in [0.5, 0.6) is 0 Å². The molecule has 0 aromatic heterocycles. The lowest BCUT2D eigenvalue weighted by molar-refractivity contribution is -0.143. The van der Waals surface area contributed by atoms with Crippen molar-refractivity contribution in [3.63, 3.8) is 0 Å². The van der Waals surface area contributed by atoms with E-state index in [0.29, 0.717) is 19.1 Å². The van der Waals surface area contributed by atoms with Gasteiger partial charge in [-0.15, -0.1) is 0 Å². The number of nitrogens with one attached hydrogen (secondary N) is 1. The zero-order valence-corrected chi connectivity index (χ0v) is 11.6. The topological polar surface area (TPSA) is 38.3 Å². The second-order valence-corrected chi connectivity index (χ2v) is 5.82. The highest BCUT2D eigenvalue weighted by Gasteiger charge is 2.34. The average Bonchev–Trinajstić information content (AvgIpc) is 3.20. The van der Waals surface area contributed by atoms with Gasteiger partial charge in [0.05, 0.1) is 6.61 Å². The van der Waals surface area contributed by atoms with Gasteiger partial charge in [-0.2, -0.15) is 0 Å². The van der Waals surface area contributed by atoms with Gasteiger partial charge in [-0.05, 0) is 57.4 Å². The average molecular weight is 253 g/mol. The van der Waals surface area contributed by atoms with Gasteiger partial charge in [-0.25, -0.2) is 0 Å². The van der Waals surface area contributed by atoms with E-state index in [9.17, 15) is 4.79 Å². The van der Waals surface area contributed by atoms with Gasteiger partial charge in [0, 0.05) is 12.5 Å². The Bertz CT molecular complexity index is 263. The lowest BCUT2D eigenvalue weighted by Gasteiger charge is -2.30. The summed E-state index contributed by atoms with van der Waals surface area (Å²) in [6.07, 6.45) is 9.93. The number of rotatable bonds is 7. The van der Waals surface area contributed by atoms with Crippen LogP contribution in [0.2, 0.25) is 0 Å². The first-order valence-corrected chi connectivity index (χ1v) is 7.68. The summed E-state index contributed by atoms with van der Waals surface area (Å²) in [6, 6.07) is 0.701. The molecule has 18 heavy (non-hydrogen) atoms. The van der Waals surface area contributed by atoms with Crippen molar-refractivity contribution in [3.8, 4) is 0 Å². The van der Waals surface area contributed by atoms with E-state index < -0.39 is 0 Å². The minimum atomic E-state index is -0.0567. The van der Waals surface area contributed by atoms with Gasteiger partial charge in [0.15, 0.2) is 0 Å². The molecule has 2 unspecified atom stereocenters. The molecule has 2 saturated carbocycles. The van der Waals surface area contributed by atoms with Crippen LogP contribution in [0.15, 0.2) is 0 Å². The number of hydrogen-bond donors (Lipinski definition) is 1. The third-order valence-electron chi connectivity index (χ3n) is 4.30.